The Hall–Kier alpha value is -1.71. The largest absolute Gasteiger partial charge is 0.496 e. The van der Waals surface area contributed by atoms with Crippen LogP contribution in [0.15, 0.2) is 36.4 Å². The van der Waals surface area contributed by atoms with Gasteiger partial charge in [-0.05, 0) is 49.4 Å². The third kappa shape index (κ3) is 4.13. The molecule has 0 saturated carbocycles. The molecule has 3 nitrogen and oxygen atoms in total. The average molecular weight is 306 g/mol. The molecule has 0 aliphatic carbocycles. The van der Waals surface area contributed by atoms with Crippen LogP contribution in [0.1, 0.15) is 16.7 Å². The maximum Gasteiger partial charge on any atom is 0.125 e. The van der Waals surface area contributed by atoms with E-state index in [4.69, 9.17) is 21.1 Å². The molecule has 2 rings (SSSR count). The Morgan fingerprint density at radius 2 is 1.90 bits per heavy atom. The fourth-order valence-electron chi connectivity index (χ4n) is 2.14. The molecule has 21 heavy (non-hydrogen) atoms. The van der Waals surface area contributed by atoms with Crippen molar-refractivity contribution in [2.24, 2.45) is 0 Å². The summed E-state index contributed by atoms with van der Waals surface area (Å²) in [7, 11) is 3.59. The fraction of sp³-hybridized carbons (Fsp3) is 0.294. The molecule has 112 valence electrons. The summed E-state index contributed by atoms with van der Waals surface area (Å²) in [6.07, 6.45) is 0. The molecule has 1 N–H and O–H groups in total. The molecule has 0 saturated heterocycles. The van der Waals surface area contributed by atoms with Crippen LogP contribution in [0.4, 0.5) is 0 Å². The molecule has 2 aromatic carbocycles. The number of aryl methyl sites for hydroxylation is 1. The molecule has 0 spiro atoms. The van der Waals surface area contributed by atoms with E-state index in [1.165, 1.54) is 5.56 Å². The van der Waals surface area contributed by atoms with Crippen LogP contribution in [0.3, 0.4) is 0 Å². The van der Waals surface area contributed by atoms with Crippen LogP contribution in [0.25, 0.3) is 0 Å². The quantitative estimate of drug-likeness (QED) is 0.876. The zero-order valence-electron chi connectivity index (χ0n) is 12.6. The second-order valence-electron chi connectivity index (χ2n) is 4.88. The summed E-state index contributed by atoms with van der Waals surface area (Å²) >= 11 is 6.01. The van der Waals surface area contributed by atoms with Crippen LogP contribution in [0, 0.1) is 6.92 Å². The average Bonchev–Trinajstić information content (AvgIpc) is 2.49. The standard InChI is InChI=1S/C17H20ClNO2/c1-12-4-6-15(18)9-17(12)21-11-14-8-13(10-19-2)5-7-16(14)20-3/h4-9,19H,10-11H2,1-3H3. The van der Waals surface area contributed by atoms with Gasteiger partial charge in [0.2, 0.25) is 0 Å². The summed E-state index contributed by atoms with van der Waals surface area (Å²) in [5.41, 5.74) is 3.27. The zero-order chi connectivity index (χ0) is 15.2. The maximum atomic E-state index is 6.01. The molecular weight excluding hydrogens is 286 g/mol. The van der Waals surface area contributed by atoms with Crippen LogP contribution in [0.2, 0.25) is 5.02 Å². The topological polar surface area (TPSA) is 30.5 Å². The third-order valence-corrected chi connectivity index (χ3v) is 3.49. The summed E-state index contributed by atoms with van der Waals surface area (Å²) < 4.78 is 11.3. The molecule has 0 unspecified atom stereocenters. The number of benzene rings is 2. The van der Waals surface area contributed by atoms with Crippen molar-refractivity contribution in [2.45, 2.75) is 20.1 Å². The van der Waals surface area contributed by atoms with Crippen LogP contribution in [-0.4, -0.2) is 14.2 Å². The van der Waals surface area contributed by atoms with E-state index in [2.05, 4.69) is 11.4 Å². The number of nitrogens with one attached hydrogen (secondary N) is 1. The van der Waals surface area contributed by atoms with Gasteiger partial charge in [-0.1, -0.05) is 23.7 Å². The Bertz CT molecular complexity index is 614. The number of ether oxygens (including phenoxy) is 2. The first-order valence-electron chi connectivity index (χ1n) is 6.83. The Morgan fingerprint density at radius 3 is 2.62 bits per heavy atom. The summed E-state index contributed by atoms with van der Waals surface area (Å²) in [4.78, 5) is 0. The van der Waals surface area contributed by atoms with E-state index in [-0.39, 0.29) is 0 Å². The lowest BCUT2D eigenvalue weighted by molar-refractivity contribution is 0.294. The smallest absolute Gasteiger partial charge is 0.125 e. The fourth-order valence-corrected chi connectivity index (χ4v) is 2.31. The predicted octanol–water partition coefficient (Wildman–Crippen LogP) is 3.96. The Balaban J connectivity index is 2.18. The van der Waals surface area contributed by atoms with Crippen molar-refractivity contribution in [3.05, 3.63) is 58.1 Å². The van der Waals surface area contributed by atoms with Gasteiger partial charge in [0.1, 0.15) is 18.1 Å². The van der Waals surface area contributed by atoms with Crippen molar-refractivity contribution in [1.82, 2.24) is 5.32 Å². The van der Waals surface area contributed by atoms with Crippen molar-refractivity contribution in [3.63, 3.8) is 0 Å². The maximum absolute atomic E-state index is 6.01. The lowest BCUT2D eigenvalue weighted by Crippen LogP contribution is -2.07. The SMILES string of the molecule is CNCc1ccc(OC)c(COc2cc(Cl)ccc2C)c1. The molecular formula is C17H20ClNO2. The minimum Gasteiger partial charge on any atom is -0.496 e. The van der Waals surface area contributed by atoms with Crippen molar-refractivity contribution in [3.8, 4) is 11.5 Å². The van der Waals surface area contributed by atoms with Gasteiger partial charge in [0.25, 0.3) is 0 Å². The lowest BCUT2D eigenvalue weighted by atomic mass is 10.1. The van der Waals surface area contributed by atoms with Gasteiger partial charge >= 0.3 is 0 Å². The molecule has 0 aromatic heterocycles. The van der Waals surface area contributed by atoms with Crippen molar-refractivity contribution in [1.29, 1.82) is 0 Å². The van der Waals surface area contributed by atoms with E-state index in [9.17, 15) is 0 Å². The van der Waals surface area contributed by atoms with E-state index in [0.717, 1.165) is 29.2 Å². The summed E-state index contributed by atoms with van der Waals surface area (Å²) in [6.45, 7) is 3.26. The molecule has 0 radical (unpaired) electrons. The highest BCUT2D eigenvalue weighted by atomic mass is 35.5. The number of hydrogen-bond acceptors (Lipinski definition) is 3. The number of hydrogen-bond donors (Lipinski definition) is 1. The number of methoxy groups -OCH3 is 1. The molecule has 0 atom stereocenters. The van der Waals surface area contributed by atoms with Gasteiger partial charge in [-0.3, -0.25) is 0 Å². The molecule has 0 fully saturated rings. The molecule has 4 heteroatoms. The van der Waals surface area contributed by atoms with Gasteiger partial charge in [-0.15, -0.1) is 0 Å². The minimum atomic E-state index is 0.446. The Labute approximate surface area is 130 Å². The highest BCUT2D eigenvalue weighted by Crippen LogP contribution is 2.26. The highest BCUT2D eigenvalue weighted by Gasteiger charge is 2.07. The van der Waals surface area contributed by atoms with Crippen LogP contribution >= 0.6 is 11.6 Å². The van der Waals surface area contributed by atoms with Gasteiger partial charge in [0.05, 0.1) is 7.11 Å². The van der Waals surface area contributed by atoms with E-state index in [0.29, 0.717) is 11.6 Å². The third-order valence-electron chi connectivity index (χ3n) is 3.26. The molecule has 0 amide bonds. The molecule has 0 heterocycles. The molecule has 0 aliphatic rings. The normalized spacial score (nSPS) is 10.5. The van der Waals surface area contributed by atoms with Crippen molar-refractivity contribution in [2.75, 3.05) is 14.2 Å². The first kappa shape index (κ1) is 15.7. The zero-order valence-corrected chi connectivity index (χ0v) is 13.3. The summed E-state index contributed by atoms with van der Waals surface area (Å²) in [5.74, 6) is 1.62. The lowest BCUT2D eigenvalue weighted by Gasteiger charge is -2.13. The van der Waals surface area contributed by atoms with Crippen LogP contribution in [0.5, 0.6) is 11.5 Å². The van der Waals surface area contributed by atoms with E-state index in [1.54, 1.807) is 7.11 Å². The van der Waals surface area contributed by atoms with Gasteiger partial charge in [0.15, 0.2) is 0 Å². The monoisotopic (exact) mass is 305 g/mol. The first-order chi connectivity index (χ1) is 10.1. The van der Waals surface area contributed by atoms with Gasteiger partial charge in [0, 0.05) is 17.1 Å². The van der Waals surface area contributed by atoms with Crippen molar-refractivity contribution >= 4 is 11.6 Å². The van der Waals surface area contributed by atoms with Gasteiger partial charge < -0.3 is 14.8 Å². The van der Waals surface area contributed by atoms with Crippen LogP contribution in [-0.2, 0) is 13.2 Å². The number of rotatable bonds is 6. The Kier molecular flexibility index (Phi) is 5.48. The van der Waals surface area contributed by atoms with E-state index < -0.39 is 0 Å². The molecule has 0 aliphatic heterocycles. The number of halogens is 1. The highest BCUT2D eigenvalue weighted by molar-refractivity contribution is 6.30. The summed E-state index contributed by atoms with van der Waals surface area (Å²) in [5, 5.41) is 3.81. The van der Waals surface area contributed by atoms with Gasteiger partial charge in [-0.2, -0.15) is 0 Å². The minimum absolute atomic E-state index is 0.446. The van der Waals surface area contributed by atoms with Crippen molar-refractivity contribution < 1.29 is 9.47 Å². The molecule has 0 bridgehead atoms. The van der Waals surface area contributed by atoms with E-state index >= 15 is 0 Å². The second-order valence-corrected chi connectivity index (χ2v) is 5.31. The second kappa shape index (κ2) is 7.34. The van der Waals surface area contributed by atoms with E-state index in [1.807, 2.05) is 44.3 Å². The van der Waals surface area contributed by atoms with Crippen LogP contribution < -0.4 is 14.8 Å². The molecule has 2 aromatic rings. The summed E-state index contributed by atoms with van der Waals surface area (Å²) in [6, 6.07) is 11.7. The predicted molar refractivity (Wildman–Crippen MR) is 86.3 cm³/mol. The Morgan fingerprint density at radius 1 is 1.10 bits per heavy atom. The first-order valence-corrected chi connectivity index (χ1v) is 7.21. The van der Waals surface area contributed by atoms with Gasteiger partial charge in [-0.25, -0.2) is 0 Å².